The van der Waals surface area contributed by atoms with E-state index in [-0.39, 0.29) is 30.7 Å². The predicted octanol–water partition coefficient (Wildman–Crippen LogP) is 0.733. The third kappa shape index (κ3) is 2.18. The van der Waals surface area contributed by atoms with Crippen molar-refractivity contribution in [3.8, 4) is 0 Å². The Morgan fingerprint density at radius 3 is 3.00 bits per heavy atom. The predicted molar refractivity (Wildman–Crippen MR) is 55.5 cm³/mol. The number of nitrogens with zero attached hydrogens (tertiary/aromatic N) is 1. The standard InChI is InChI=1S/C11H12N2O3/c14-9-5-7(6-10(15)16)11(13-9)8-3-1-2-4-12-8/h1-4,7,11H,5-6H2,(H,13,14)(H,15,16)/t7-,11+/m1/s1. The summed E-state index contributed by atoms with van der Waals surface area (Å²) in [4.78, 5) is 26.1. The average molecular weight is 220 g/mol. The molecule has 1 aromatic heterocycles. The zero-order valence-corrected chi connectivity index (χ0v) is 8.59. The monoisotopic (exact) mass is 220 g/mol. The van der Waals surface area contributed by atoms with Crippen LogP contribution in [0.3, 0.4) is 0 Å². The Bertz CT molecular complexity index is 405. The Morgan fingerprint density at radius 1 is 1.56 bits per heavy atom. The third-order valence-corrected chi connectivity index (χ3v) is 2.68. The number of nitrogens with one attached hydrogen (secondary N) is 1. The minimum Gasteiger partial charge on any atom is -0.481 e. The highest BCUT2D eigenvalue weighted by Crippen LogP contribution is 2.31. The second-order valence-corrected chi connectivity index (χ2v) is 3.86. The largest absolute Gasteiger partial charge is 0.481 e. The molecule has 0 spiro atoms. The number of pyridine rings is 1. The molecule has 1 aliphatic heterocycles. The van der Waals surface area contributed by atoms with Crippen molar-refractivity contribution in [2.45, 2.75) is 18.9 Å². The van der Waals surface area contributed by atoms with E-state index in [1.165, 1.54) is 0 Å². The first-order chi connectivity index (χ1) is 7.66. The van der Waals surface area contributed by atoms with E-state index in [9.17, 15) is 9.59 Å². The van der Waals surface area contributed by atoms with Crippen LogP contribution in [0.25, 0.3) is 0 Å². The molecule has 0 bridgehead atoms. The molecule has 0 aromatic carbocycles. The summed E-state index contributed by atoms with van der Waals surface area (Å²) in [7, 11) is 0. The normalized spacial score (nSPS) is 24.1. The fraction of sp³-hybridized carbons (Fsp3) is 0.364. The topological polar surface area (TPSA) is 79.3 Å². The number of aliphatic carboxylic acids is 1. The second kappa shape index (κ2) is 4.30. The van der Waals surface area contributed by atoms with Gasteiger partial charge in [-0.05, 0) is 12.1 Å². The lowest BCUT2D eigenvalue weighted by Crippen LogP contribution is -2.22. The van der Waals surface area contributed by atoms with Gasteiger partial charge in [-0.1, -0.05) is 6.07 Å². The first-order valence-electron chi connectivity index (χ1n) is 5.09. The minimum atomic E-state index is -0.887. The molecule has 0 unspecified atom stereocenters. The van der Waals surface area contributed by atoms with Crippen molar-refractivity contribution in [2.75, 3.05) is 0 Å². The van der Waals surface area contributed by atoms with E-state index >= 15 is 0 Å². The third-order valence-electron chi connectivity index (χ3n) is 2.68. The van der Waals surface area contributed by atoms with Gasteiger partial charge in [0.25, 0.3) is 0 Å². The zero-order chi connectivity index (χ0) is 11.5. The summed E-state index contributed by atoms with van der Waals surface area (Å²) in [6.07, 6.45) is 1.88. The molecule has 2 N–H and O–H groups in total. The van der Waals surface area contributed by atoms with Crippen molar-refractivity contribution in [2.24, 2.45) is 5.92 Å². The molecule has 1 aromatic rings. The Hall–Kier alpha value is -1.91. The summed E-state index contributed by atoms with van der Waals surface area (Å²) >= 11 is 0. The highest BCUT2D eigenvalue weighted by atomic mass is 16.4. The van der Waals surface area contributed by atoms with Crippen molar-refractivity contribution < 1.29 is 14.7 Å². The van der Waals surface area contributed by atoms with Crippen LogP contribution < -0.4 is 5.32 Å². The van der Waals surface area contributed by atoms with Crippen molar-refractivity contribution >= 4 is 11.9 Å². The van der Waals surface area contributed by atoms with Gasteiger partial charge in [0.1, 0.15) is 0 Å². The van der Waals surface area contributed by atoms with E-state index < -0.39 is 5.97 Å². The number of carboxylic acids is 1. The van der Waals surface area contributed by atoms with Gasteiger partial charge in [-0.25, -0.2) is 0 Å². The number of hydrogen-bond acceptors (Lipinski definition) is 3. The zero-order valence-electron chi connectivity index (χ0n) is 8.59. The van der Waals surface area contributed by atoms with Crippen molar-refractivity contribution in [1.29, 1.82) is 0 Å². The van der Waals surface area contributed by atoms with Crippen LogP contribution in [-0.4, -0.2) is 22.0 Å². The fourth-order valence-electron chi connectivity index (χ4n) is 2.00. The second-order valence-electron chi connectivity index (χ2n) is 3.86. The van der Waals surface area contributed by atoms with Gasteiger partial charge in [0, 0.05) is 18.5 Å². The van der Waals surface area contributed by atoms with E-state index in [1.54, 1.807) is 18.3 Å². The van der Waals surface area contributed by atoms with E-state index in [1.807, 2.05) is 6.07 Å². The van der Waals surface area contributed by atoms with Gasteiger partial charge in [-0.15, -0.1) is 0 Å². The first-order valence-corrected chi connectivity index (χ1v) is 5.09. The molecule has 2 atom stereocenters. The number of aromatic nitrogens is 1. The highest BCUT2D eigenvalue weighted by molar-refractivity contribution is 5.80. The molecular weight excluding hydrogens is 208 g/mol. The molecule has 1 amide bonds. The lowest BCUT2D eigenvalue weighted by Gasteiger charge is -2.16. The summed E-state index contributed by atoms with van der Waals surface area (Å²) in [5.74, 6) is -1.20. The molecular formula is C11H12N2O3. The molecule has 0 saturated carbocycles. The fourth-order valence-corrected chi connectivity index (χ4v) is 2.00. The summed E-state index contributed by atoms with van der Waals surface area (Å²) in [6.45, 7) is 0. The van der Waals surface area contributed by atoms with E-state index in [0.717, 1.165) is 5.69 Å². The summed E-state index contributed by atoms with van der Waals surface area (Å²) in [6, 6.07) is 5.13. The van der Waals surface area contributed by atoms with Crippen LogP contribution in [0.15, 0.2) is 24.4 Å². The quantitative estimate of drug-likeness (QED) is 0.787. The minimum absolute atomic E-state index is 0.0139. The van der Waals surface area contributed by atoms with E-state index in [2.05, 4.69) is 10.3 Å². The van der Waals surface area contributed by atoms with Crippen molar-refractivity contribution in [3.63, 3.8) is 0 Å². The van der Waals surface area contributed by atoms with Crippen LogP contribution >= 0.6 is 0 Å². The summed E-state index contributed by atoms with van der Waals surface area (Å²) in [5.41, 5.74) is 0.722. The average Bonchev–Trinajstić information content (AvgIpc) is 2.60. The van der Waals surface area contributed by atoms with Gasteiger partial charge in [-0.3, -0.25) is 14.6 Å². The summed E-state index contributed by atoms with van der Waals surface area (Å²) < 4.78 is 0. The van der Waals surface area contributed by atoms with Crippen LogP contribution in [0, 0.1) is 5.92 Å². The molecule has 0 aliphatic carbocycles. The van der Waals surface area contributed by atoms with E-state index in [0.29, 0.717) is 0 Å². The smallest absolute Gasteiger partial charge is 0.303 e. The molecule has 0 radical (unpaired) electrons. The molecule has 1 fully saturated rings. The van der Waals surface area contributed by atoms with Gasteiger partial charge in [0.15, 0.2) is 0 Å². The lowest BCUT2D eigenvalue weighted by molar-refractivity contribution is -0.138. The van der Waals surface area contributed by atoms with Crippen molar-refractivity contribution in [3.05, 3.63) is 30.1 Å². The maximum absolute atomic E-state index is 11.3. The number of amides is 1. The van der Waals surface area contributed by atoms with Crippen molar-refractivity contribution in [1.82, 2.24) is 10.3 Å². The van der Waals surface area contributed by atoms with Crippen LogP contribution in [0.1, 0.15) is 24.6 Å². The molecule has 2 rings (SSSR count). The van der Waals surface area contributed by atoms with Gasteiger partial charge in [0.05, 0.1) is 18.2 Å². The first kappa shape index (κ1) is 10.6. The number of hydrogen-bond donors (Lipinski definition) is 2. The van der Waals surface area contributed by atoms with Gasteiger partial charge >= 0.3 is 5.97 Å². The summed E-state index contributed by atoms with van der Waals surface area (Å²) in [5, 5.41) is 11.5. The maximum Gasteiger partial charge on any atom is 0.303 e. The molecule has 16 heavy (non-hydrogen) atoms. The van der Waals surface area contributed by atoms with Crippen LogP contribution in [0.4, 0.5) is 0 Å². The molecule has 84 valence electrons. The molecule has 5 heteroatoms. The highest BCUT2D eigenvalue weighted by Gasteiger charge is 2.35. The Labute approximate surface area is 92.5 Å². The van der Waals surface area contributed by atoms with Gasteiger partial charge < -0.3 is 10.4 Å². The number of carbonyl (C=O) groups is 2. The van der Waals surface area contributed by atoms with Gasteiger partial charge in [0.2, 0.25) is 5.91 Å². The van der Waals surface area contributed by atoms with Gasteiger partial charge in [-0.2, -0.15) is 0 Å². The molecule has 5 nitrogen and oxygen atoms in total. The SMILES string of the molecule is O=C(O)C[C@H]1CC(=O)N[C@@H]1c1ccccn1. The molecule has 2 heterocycles. The Kier molecular flexibility index (Phi) is 2.85. The number of carboxylic acid groups (broad SMARTS) is 1. The molecule has 1 aliphatic rings. The maximum atomic E-state index is 11.3. The number of rotatable bonds is 3. The van der Waals surface area contributed by atoms with Crippen LogP contribution in [-0.2, 0) is 9.59 Å². The number of carbonyl (C=O) groups excluding carboxylic acids is 1. The lowest BCUT2D eigenvalue weighted by atomic mass is 9.94. The van der Waals surface area contributed by atoms with Crippen LogP contribution in [0.2, 0.25) is 0 Å². The molecule has 1 saturated heterocycles. The Morgan fingerprint density at radius 2 is 2.38 bits per heavy atom. The Balaban J connectivity index is 2.19. The van der Waals surface area contributed by atoms with Crippen LogP contribution in [0.5, 0.6) is 0 Å². The van der Waals surface area contributed by atoms with E-state index in [4.69, 9.17) is 5.11 Å².